The van der Waals surface area contributed by atoms with Crippen molar-refractivity contribution in [3.05, 3.63) is 75.4 Å². The van der Waals surface area contributed by atoms with Crippen molar-refractivity contribution in [2.45, 2.75) is 50.0 Å². The summed E-state index contributed by atoms with van der Waals surface area (Å²) in [5.41, 5.74) is 2.70. The molecule has 37 heavy (non-hydrogen) atoms. The van der Waals surface area contributed by atoms with Crippen LogP contribution in [0.1, 0.15) is 54.8 Å². The first-order valence-corrected chi connectivity index (χ1v) is 13.5. The molecule has 1 atom stereocenters. The predicted octanol–water partition coefficient (Wildman–Crippen LogP) is 5.44. The molecule has 0 radical (unpaired) electrons. The minimum atomic E-state index is -1.04. The van der Waals surface area contributed by atoms with E-state index in [1.807, 2.05) is 6.07 Å². The summed E-state index contributed by atoms with van der Waals surface area (Å²) in [4.78, 5) is 27.5. The number of halogens is 2. The second-order valence-corrected chi connectivity index (χ2v) is 10.9. The summed E-state index contributed by atoms with van der Waals surface area (Å²) in [6.45, 7) is 2.70. The summed E-state index contributed by atoms with van der Waals surface area (Å²) in [6, 6.07) is 15.9. The number of rotatable bonds is 5. The second-order valence-electron chi connectivity index (χ2n) is 10.0. The lowest BCUT2D eigenvalue weighted by atomic mass is 9.79. The molecule has 2 aromatic carbocycles. The first kappa shape index (κ1) is 24.5. The Morgan fingerprint density at radius 1 is 1.00 bits per heavy atom. The quantitative estimate of drug-likeness (QED) is 0.317. The van der Waals surface area contributed by atoms with Crippen LogP contribution < -0.4 is 4.74 Å². The average molecular weight is 540 g/mol. The van der Waals surface area contributed by atoms with Gasteiger partial charge in [0, 0.05) is 13.0 Å². The highest BCUT2D eigenvalue weighted by Gasteiger charge is 2.50. The van der Waals surface area contributed by atoms with Gasteiger partial charge < -0.3 is 14.4 Å². The lowest BCUT2D eigenvalue weighted by Gasteiger charge is -2.38. The molecule has 1 saturated heterocycles. The van der Waals surface area contributed by atoms with Crippen molar-refractivity contribution >= 4 is 35.1 Å². The van der Waals surface area contributed by atoms with Gasteiger partial charge in [0.2, 0.25) is 5.88 Å². The van der Waals surface area contributed by atoms with E-state index in [-0.39, 0.29) is 5.88 Å². The van der Waals surface area contributed by atoms with E-state index in [4.69, 9.17) is 32.7 Å². The van der Waals surface area contributed by atoms with E-state index in [0.29, 0.717) is 46.5 Å². The zero-order valence-electron chi connectivity index (χ0n) is 20.3. The van der Waals surface area contributed by atoms with E-state index in [9.17, 15) is 9.59 Å². The highest BCUT2D eigenvalue weighted by atomic mass is 35.5. The Kier molecular flexibility index (Phi) is 6.47. The molecule has 0 saturated carbocycles. The van der Waals surface area contributed by atoms with Crippen LogP contribution in [-0.4, -0.2) is 46.3 Å². The number of likely N-dealkylation sites (tertiary alicyclic amines) is 1. The minimum absolute atomic E-state index is 0.138. The van der Waals surface area contributed by atoms with Gasteiger partial charge in [-0.25, -0.2) is 14.3 Å². The number of carbonyl (C=O) groups is 2. The summed E-state index contributed by atoms with van der Waals surface area (Å²) in [6.07, 6.45) is 4.86. The van der Waals surface area contributed by atoms with Crippen LogP contribution in [0.2, 0.25) is 10.0 Å². The van der Waals surface area contributed by atoms with Crippen molar-refractivity contribution in [3.8, 4) is 11.6 Å². The van der Waals surface area contributed by atoms with Gasteiger partial charge in [0.25, 0.3) is 0 Å². The van der Waals surface area contributed by atoms with Crippen LogP contribution in [0.5, 0.6) is 5.88 Å². The fourth-order valence-corrected chi connectivity index (χ4v) is 6.29. The number of hydrogen-bond acceptors (Lipinski definition) is 6. The van der Waals surface area contributed by atoms with E-state index in [1.54, 1.807) is 16.8 Å². The Balaban J connectivity index is 1.28. The lowest BCUT2D eigenvalue weighted by Crippen LogP contribution is -2.41. The number of carbonyl (C=O) groups excluding carboxylic acids is 2. The summed E-state index contributed by atoms with van der Waals surface area (Å²) in [7, 11) is 0. The van der Waals surface area contributed by atoms with Gasteiger partial charge in [-0.3, -0.25) is 0 Å². The molecular weight excluding hydrogens is 513 g/mol. The molecule has 0 N–H and O–H groups in total. The summed E-state index contributed by atoms with van der Waals surface area (Å²) >= 11 is 12.4. The molecule has 0 amide bonds. The maximum Gasteiger partial charge on any atom is 0.424 e. The van der Waals surface area contributed by atoms with Crippen LogP contribution in [0.4, 0.5) is 0 Å². The number of esters is 2. The molecule has 1 unspecified atom stereocenters. The molecule has 1 fully saturated rings. The third-order valence-electron chi connectivity index (χ3n) is 7.88. The molecule has 3 aliphatic rings. The van der Waals surface area contributed by atoms with Crippen LogP contribution in [0.25, 0.3) is 5.69 Å². The molecule has 1 aromatic heterocycles. The number of benzene rings is 2. The van der Waals surface area contributed by atoms with Gasteiger partial charge in [-0.15, -0.1) is 5.10 Å². The van der Waals surface area contributed by atoms with Gasteiger partial charge in [0.15, 0.2) is 0 Å². The number of ether oxygens (including phenoxy) is 2. The summed E-state index contributed by atoms with van der Waals surface area (Å²) < 4.78 is 13.1. The van der Waals surface area contributed by atoms with Gasteiger partial charge in [0.05, 0.1) is 27.0 Å². The standard InChI is InChI=1S/C28H27Cl2N3O4/c29-21-9-8-20(17-22(21)30)33-23-7-4-12-28(24(23)25(31-33)36-26(34)27(35)37-28)13-16-32-14-10-19(11-15-32)18-5-2-1-3-6-18/h1-3,5-6,8-9,17,19H,4,7,10-16H2. The van der Waals surface area contributed by atoms with Gasteiger partial charge in [-0.1, -0.05) is 53.5 Å². The molecule has 3 heterocycles. The predicted molar refractivity (Wildman–Crippen MR) is 139 cm³/mol. The van der Waals surface area contributed by atoms with Crippen molar-refractivity contribution in [1.82, 2.24) is 14.7 Å². The number of aromatic nitrogens is 2. The van der Waals surface area contributed by atoms with Crippen LogP contribution in [0.15, 0.2) is 48.5 Å². The molecule has 2 aliphatic heterocycles. The van der Waals surface area contributed by atoms with E-state index in [1.165, 1.54) is 5.56 Å². The SMILES string of the molecule is O=C1Oc2nn(-c3ccc(Cl)c(Cl)c3)c3c2C(CCN2CCC(c4ccccc4)CC2)(CCC3)OC1=O. The molecule has 7 nitrogen and oxygen atoms in total. The Labute approximate surface area is 225 Å². The fraction of sp³-hybridized carbons (Fsp3) is 0.393. The number of piperidine rings is 1. The molecule has 0 spiro atoms. The fourth-order valence-electron chi connectivity index (χ4n) is 5.99. The van der Waals surface area contributed by atoms with Gasteiger partial charge >= 0.3 is 11.9 Å². The van der Waals surface area contributed by atoms with Gasteiger partial charge in [-0.05, 0) is 74.9 Å². The maximum atomic E-state index is 12.6. The van der Waals surface area contributed by atoms with Crippen LogP contribution in [-0.2, 0) is 26.3 Å². The van der Waals surface area contributed by atoms with Crippen molar-refractivity contribution in [1.29, 1.82) is 0 Å². The Morgan fingerprint density at radius 2 is 1.78 bits per heavy atom. The first-order chi connectivity index (χ1) is 17.9. The molecular formula is C28H27Cl2N3O4. The van der Waals surface area contributed by atoms with E-state index < -0.39 is 17.5 Å². The monoisotopic (exact) mass is 539 g/mol. The molecule has 6 rings (SSSR count). The van der Waals surface area contributed by atoms with Crippen LogP contribution >= 0.6 is 23.2 Å². The normalized spacial score (nSPS) is 22.2. The molecule has 192 valence electrons. The third kappa shape index (κ3) is 4.54. The van der Waals surface area contributed by atoms with Crippen molar-refractivity contribution in [2.24, 2.45) is 0 Å². The molecule has 3 aromatic rings. The zero-order chi connectivity index (χ0) is 25.6. The third-order valence-corrected chi connectivity index (χ3v) is 8.62. The Hall–Kier alpha value is -2.87. The maximum absolute atomic E-state index is 12.6. The second kappa shape index (κ2) is 9.78. The lowest BCUT2D eigenvalue weighted by molar-refractivity contribution is -0.174. The number of nitrogens with zero attached hydrogens (tertiary/aromatic N) is 3. The Bertz CT molecular complexity index is 1350. The first-order valence-electron chi connectivity index (χ1n) is 12.7. The average Bonchev–Trinajstić information content (AvgIpc) is 3.24. The van der Waals surface area contributed by atoms with Crippen molar-refractivity contribution in [3.63, 3.8) is 0 Å². The summed E-state index contributed by atoms with van der Waals surface area (Å²) in [5.74, 6) is -1.30. The van der Waals surface area contributed by atoms with Crippen molar-refractivity contribution < 1.29 is 19.1 Å². The molecule has 1 aliphatic carbocycles. The van der Waals surface area contributed by atoms with Crippen LogP contribution in [0, 0.1) is 0 Å². The summed E-state index contributed by atoms with van der Waals surface area (Å²) in [5, 5.41) is 5.45. The molecule has 0 bridgehead atoms. The van der Waals surface area contributed by atoms with Crippen LogP contribution in [0.3, 0.4) is 0 Å². The largest absolute Gasteiger partial charge is 0.445 e. The number of hydrogen-bond donors (Lipinski definition) is 0. The topological polar surface area (TPSA) is 73.7 Å². The van der Waals surface area contributed by atoms with Gasteiger partial charge in [-0.2, -0.15) is 0 Å². The minimum Gasteiger partial charge on any atom is -0.445 e. The van der Waals surface area contributed by atoms with Gasteiger partial charge in [0.1, 0.15) is 5.60 Å². The van der Waals surface area contributed by atoms with E-state index in [2.05, 4.69) is 40.3 Å². The Morgan fingerprint density at radius 3 is 2.54 bits per heavy atom. The highest BCUT2D eigenvalue weighted by molar-refractivity contribution is 6.42. The highest BCUT2D eigenvalue weighted by Crippen LogP contribution is 2.48. The van der Waals surface area contributed by atoms with Crippen molar-refractivity contribution in [2.75, 3.05) is 19.6 Å². The van der Waals surface area contributed by atoms with E-state index in [0.717, 1.165) is 44.6 Å². The molecule has 9 heteroatoms. The smallest absolute Gasteiger partial charge is 0.424 e. The van der Waals surface area contributed by atoms with E-state index >= 15 is 0 Å². The zero-order valence-corrected chi connectivity index (χ0v) is 21.8.